The average Bonchev–Trinajstić information content (AvgIpc) is 2.61. The van der Waals surface area contributed by atoms with Gasteiger partial charge in [0.15, 0.2) is 0 Å². The fourth-order valence-electron chi connectivity index (χ4n) is 4.05. The molecule has 0 bridgehead atoms. The summed E-state index contributed by atoms with van der Waals surface area (Å²) >= 11 is 0. The zero-order valence-electron chi connectivity index (χ0n) is 17.6. The zero-order chi connectivity index (χ0) is 19.3. The van der Waals surface area contributed by atoms with Crippen molar-refractivity contribution in [2.45, 2.75) is 96.4 Å². The number of rotatable bonds is 15. The largest absolute Gasteiger partial charge is 0.386 e. The lowest BCUT2D eigenvalue weighted by atomic mass is 9.81. The van der Waals surface area contributed by atoms with E-state index in [0.717, 1.165) is 18.8 Å². The average molecular weight is 388 g/mol. The summed E-state index contributed by atoms with van der Waals surface area (Å²) in [4.78, 5) is 0. The van der Waals surface area contributed by atoms with Crippen molar-refractivity contribution >= 4 is 9.24 Å². The van der Waals surface area contributed by atoms with Gasteiger partial charge in [0.25, 0.3) is 0 Å². The Kier molecular flexibility index (Phi) is 11.1. The van der Waals surface area contributed by atoms with Crippen LogP contribution in [0.1, 0.15) is 88.7 Å². The highest BCUT2D eigenvalue weighted by Crippen LogP contribution is 2.31. The van der Waals surface area contributed by atoms with E-state index in [2.05, 4.69) is 52.3 Å². The molecule has 0 radical (unpaired) electrons. The lowest BCUT2D eigenvalue weighted by molar-refractivity contribution is 0.286. The lowest BCUT2D eigenvalue weighted by Crippen LogP contribution is -2.27. The van der Waals surface area contributed by atoms with Crippen molar-refractivity contribution in [3.63, 3.8) is 0 Å². The van der Waals surface area contributed by atoms with E-state index in [9.17, 15) is 0 Å². The Balaban J connectivity index is 1.53. The van der Waals surface area contributed by atoms with Crippen molar-refractivity contribution in [1.29, 1.82) is 0 Å². The molecule has 1 saturated carbocycles. The van der Waals surface area contributed by atoms with Gasteiger partial charge in [0.1, 0.15) is 0 Å². The number of hydrogen-bond acceptors (Lipinski definition) is 1. The smallest absolute Gasteiger partial charge is 0.0270 e. The van der Waals surface area contributed by atoms with Crippen molar-refractivity contribution in [2.75, 3.05) is 6.16 Å². The van der Waals surface area contributed by atoms with E-state index in [1.807, 2.05) is 0 Å². The minimum atomic E-state index is 0.457. The fourth-order valence-corrected chi connectivity index (χ4v) is 4.34. The first-order valence-corrected chi connectivity index (χ1v) is 12.2. The Morgan fingerprint density at radius 2 is 1.74 bits per heavy atom. The standard InChI is InChI=1S/C25H42NP/c1-21(10-5-3-4-6-11-23-13-9-14-23)26-22(2)20-25-17-15-24(16-18-25)12-7-8-19-27/h15-18,22-23,26H,1,3-14,19-20,27H2,2H3/t22-/m1/s1. The van der Waals surface area contributed by atoms with E-state index >= 15 is 0 Å². The first-order chi connectivity index (χ1) is 13.2. The summed E-state index contributed by atoms with van der Waals surface area (Å²) in [6.45, 7) is 6.52. The molecule has 1 fully saturated rings. The predicted molar refractivity (Wildman–Crippen MR) is 124 cm³/mol. The first kappa shape index (κ1) is 22.5. The van der Waals surface area contributed by atoms with Gasteiger partial charge in [0, 0.05) is 11.7 Å². The molecule has 2 heteroatoms. The molecule has 2 rings (SSSR count). The third-order valence-corrected chi connectivity index (χ3v) is 6.41. The van der Waals surface area contributed by atoms with Crippen LogP contribution in [0, 0.1) is 5.92 Å². The summed E-state index contributed by atoms with van der Waals surface area (Å²) in [5.41, 5.74) is 4.11. The van der Waals surface area contributed by atoms with E-state index < -0.39 is 0 Å². The van der Waals surface area contributed by atoms with Gasteiger partial charge in [-0.05, 0) is 68.7 Å². The van der Waals surface area contributed by atoms with Crippen LogP contribution in [-0.2, 0) is 12.8 Å². The Morgan fingerprint density at radius 1 is 1.04 bits per heavy atom. The molecule has 0 heterocycles. The predicted octanol–water partition coefficient (Wildman–Crippen LogP) is 7.06. The van der Waals surface area contributed by atoms with Crippen molar-refractivity contribution in [1.82, 2.24) is 5.32 Å². The molecule has 1 unspecified atom stereocenters. The Labute approximate surface area is 171 Å². The minimum absolute atomic E-state index is 0.457. The molecule has 152 valence electrons. The molecule has 1 aliphatic rings. The summed E-state index contributed by atoms with van der Waals surface area (Å²) in [6.07, 6.45) is 18.7. The highest BCUT2D eigenvalue weighted by Gasteiger charge is 2.16. The van der Waals surface area contributed by atoms with Crippen molar-refractivity contribution in [3.8, 4) is 0 Å². The lowest BCUT2D eigenvalue weighted by Gasteiger charge is -2.25. The van der Waals surface area contributed by atoms with E-state index in [0.29, 0.717) is 6.04 Å². The van der Waals surface area contributed by atoms with Gasteiger partial charge in [0.2, 0.25) is 0 Å². The van der Waals surface area contributed by atoms with Crippen molar-refractivity contribution in [3.05, 3.63) is 47.7 Å². The van der Waals surface area contributed by atoms with Crippen LogP contribution in [0.2, 0.25) is 0 Å². The number of allylic oxidation sites excluding steroid dienone is 1. The Hall–Kier alpha value is -0.810. The van der Waals surface area contributed by atoms with Crippen LogP contribution in [0.25, 0.3) is 0 Å². The maximum absolute atomic E-state index is 4.25. The third kappa shape index (κ3) is 9.79. The highest BCUT2D eigenvalue weighted by atomic mass is 31.0. The molecular weight excluding hydrogens is 345 g/mol. The van der Waals surface area contributed by atoms with Crippen LogP contribution >= 0.6 is 9.24 Å². The second-order valence-electron chi connectivity index (χ2n) is 8.67. The molecule has 0 saturated heterocycles. The Morgan fingerprint density at radius 3 is 2.41 bits per heavy atom. The summed E-state index contributed by atoms with van der Waals surface area (Å²) in [5, 5.41) is 3.62. The number of aryl methyl sites for hydroxylation is 1. The van der Waals surface area contributed by atoms with Gasteiger partial charge in [-0.25, -0.2) is 0 Å². The molecule has 27 heavy (non-hydrogen) atoms. The van der Waals surface area contributed by atoms with Crippen LogP contribution < -0.4 is 5.32 Å². The normalized spacial score (nSPS) is 15.3. The summed E-state index contributed by atoms with van der Waals surface area (Å²) < 4.78 is 0. The molecule has 2 atom stereocenters. The maximum atomic E-state index is 4.25. The molecule has 1 aromatic rings. The number of unbranched alkanes of at least 4 members (excludes halogenated alkanes) is 4. The quantitative estimate of drug-likeness (QED) is 0.251. The van der Waals surface area contributed by atoms with Gasteiger partial charge in [-0.2, -0.15) is 0 Å². The molecule has 0 spiro atoms. The van der Waals surface area contributed by atoms with Crippen LogP contribution in [0.3, 0.4) is 0 Å². The van der Waals surface area contributed by atoms with Gasteiger partial charge >= 0.3 is 0 Å². The Bertz CT molecular complexity index is 518. The first-order valence-electron chi connectivity index (χ1n) is 11.4. The van der Waals surface area contributed by atoms with Crippen molar-refractivity contribution in [2.24, 2.45) is 5.92 Å². The van der Waals surface area contributed by atoms with E-state index in [1.165, 1.54) is 93.6 Å². The van der Waals surface area contributed by atoms with Gasteiger partial charge in [-0.1, -0.05) is 75.8 Å². The molecule has 1 nitrogen and oxygen atoms in total. The van der Waals surface area contributed by atoms with E-state index in [4.69, 9.17) is 0 Å². The second kappa shape index (κ2) is 13.4. The molecule has 1 aliphatic carbocycles. The summed E-state index contributed by atoms with van der Waals surface area (Å²) in [6, 6.07) is 9.68. The molecule has 1 aromatic carbocycles. The second-order valence-corrected chi connectivity index (χ2v) is 9.24. The van der Waals surface area contributed by atoms with Gasteiger partial charge in [-0.3, -0.25) is 0 Å². The zero-order valence-corrected chi connectivity index (χ0v) is 18.8. The molecular formula is C25H42NP. The highest BCUT2D eigenvalue weighted by molar-refractivity contribution is 7.16. The van der Waals surface area contributed by atoms with Crippen LogP contribution in [0.5, 0.6) is 0 Å². The SMILES string of the molecule is C=C(CCCCCCC1CCC1)N[C@H](C)Cc1ccc(CCCCP)cc1. The molecule has 0 amide bonds. The number of benzene rings is 1. The van der Waals surface area contributed by atoms with Crippen LogP contribution in [-0.4, -0.2) is 12.2 Å². The molecule has 1 N–H and O–H groups in total. The number of hydrogen-bond donors (Lipinski definition) is 1. The third-order valence-electron chi connectivity index (χ3n) is 6.00. The fraction of sp³-hybridized carbons (Fsp3) is 0.680. The summed E-state index contributed by atoms with van der Waals surface area (Å²) in [7, 11) is 2.82. The monoisotopic (exact) mass is 387 g/mol. The number of nitrogens with one attached hydrogen (secondary N) is 1. The topological polar surface area (TPSA) is 12.0 Å². The summed E-state index contributed by atoms with van der Waals surface area (Å²) in [5.74, 6) is 1.08. The van der Waals surface area contributed by atoms with Crippen LogP contribution in [0.4, 0.5) is 0 Å². The van der Waals surface area contributed by atoms with Gasteiger partial charge in [-0.15, -0.1) is 9.24 Å². The van der Waals surface area contributed by atoms with Crippen LogP contribution in [0.15, 0.2) is 36.5 Å². The van der Waals surface area contributed by atoms with Gasteiger partial charge in [0.05, 0.1) is 0 Å². The van der Waals surface area contributed by atoms with E-state index in [1.54, 1.807) is 0 Å². The molecule has 0 aromatic heterocycles. The van der Waals surface area contributed by atoms with Gasteiger partial charge < -0.3 is 5.32 Å². The van der Waals surface area contributed by atoms with E-state index in [-0.39, 0.29) is 0 Å². The minimum Gasteiger partial charge on any atom is -0.386 e. The maximum Gasteiger partial charge on any atom is 0.0270 e. The van der Waals surface area contributed by atoms with Crippen molar-refractivity contribution < 1.29 is 0 Å². The molecule has 0 aliphatic heterocycles.